The van der Waals surface area contributed by atoms with Gasteiger partial charge in [0.15, 0.2) is 11.5 Å². The van der Waals surface area contributed by atoms with E-state index in [0.29, 0.717) is 5.82 Å². The predicted molar refractivity (Wildman–Crippen MR) is 75.1 cm³/mol. The molecule has 0 bridgehead atoms. The molecule has 0 atom stereocenters. The molecule has 2 aromatic rings. The highest BCUT2D eigenvalue weighted by atomic mass is 16.5. The lowest BCUT2D eigenvalue weighted by Crippen LogP contribution is -2.18. The number of hydrogen-bond acceptors (Lipinski definition) is 6. The first-order valence-corrected chi connectivity index (χ1v) is 6.27. The molecule has 0 spiro atoms. The van der Waals surface area contributed by atoms with Gasteiger partial charge in [0.25, 0.3) is 5.91 Å². The van der Waals surface area contributed by atoms with Crippen molar-refractivity contribution in [2.24, 2.45) is 0 Å². The molecule has 2 aromatic heterocycles. The Labute approximate surface area is 120 Å². The normalized spacial score (nSPS) is 10.2. The lowest BCUT2D eigenvalue weighted by atomic mass is 10.2. The lowest BCUT2D eigenvalue weighted by molar-refractivity contribution is 0.0527. The van der Waals surface area contributed by atoms with Crippen LogP contribution >= 0.6 is 0 Å². The number of nitrogens with two attached hydrogens (primary N) is 1. The molecule has 0 saturated heterocycles. The van der Waals surface area contributed by atoms with Crippen molar-refractivity contribution in [1.82, 2.24) is 20.1 Å². The van der Waals surface area contributed by atoms with E-state index in [1.165, 1.54) is 24.0 Å². The number of rotatable bonds is 4. The van der Waals surface area contributed by atoms with Gasteiger partial charge in [-0.1, -0.05) is 0 Å². The smallest absolute Gasteiger partial charge is 0.340 e. The van der Waals surface area contributed by atoms with E-state index in [0.717, 1.165) is 0 Å². The van der Waals surface area contributed by atoms with Gasteiger partial charge in [0.05, 0.1) is 24.1 Å². The number of esters is 1. The third-order valence-electron chi connectivity index (χ3n) is 2.70. The Morgan fingerprint density at radius 1 is 1.48 bits per heavy atom. The largest absolute Gasteiger partial charge is 0.462 e. The standard InChI is InChI=1S/C13H15N5O3/c1-3-21-13(20)8-6-11(16-7-9(8)14)18-5-4-10(17-18)12(19)15-2/h4-7H,3,14H2,1-2H3,(H,15,19). The van der Waals surface area contributed by atoms with Crippen LogP contribution in [-0.2, 0) is 4.74 Å². The Kier molecular flexibility index (Phi) is 4.17. The number of pyridine rings is 1. The Morgan fingerprint density at radius 2 is 2.24 bits per heavy atom. The van der Waals surface area contributed by atoms with Crippen LogP contribution in [0, 0.1) is 0 Å². The minimum atomic E-state index is -0.530. The Bertz CT molecular complexity index is 680. The van der Waals surface area contributed by atoms with Gasteiger partial charge in [-0.3, -0.25) is 4.79 Å². The van der Waals surface area contributed by atoms with Gasteiger partial charge >= 0.3 is 5.97 Å². The quantitative estimate of drug-likeness (QED) is 0.787. The Balaban J connectivity index is 2.36. The van der Waals surface area contributed by atoms with Crippen LogP contribution in [0.3, 0.4) is 0 Å². The minimum absolute atomic E-state index is 0.207. The van der Waals surface area contributed by atoms with E-state index in [1.54, 1.807) is 19.2 Å². The van der Waals surface area contributed by atoms with Crippen LogP contribution in [0.1, 0.15) is 27.8 Å². The third-order valence-corrected chi connectivity index (χ3v) is 2.70. The summed E-state index contributed by atoms with van der Waals surface area (Å²) in [7, 11) is 1.52. The van der Waals surface area contributed by atoms with Gasteiger partial charge in [-0.25, -0.2) is 14.5 Å². The average molecular weight is 289 g/mol. The molecule has 0 aliphatic carbocycles. The fourth-order valence-electron chi connectivity index (χ4n) is 1.67. The van der Waals surface area contributed by atoms with Crippen LogP contribution in [0.15, 0.2) is 24.5 Å². The van der Waals surface area contributed by atoms with E-state index < -0.39 is 5.97 Å². The second kappa shape index (κ2) is 6.04. The number of nitrogen functional groups attached to an aromatic ring is 1. The monoisotopic (exact) mass is 289 g/mol. The molecule has 8 heteroatoms. The highest BCUT2D eigenvalue weighted by Crippen LogP contribution is 2.15. The summed E-state index contributed by atoms with van der Waals surface area (Å²) in [5, 5.41) is 6.55. The van der Waals surface area contributed by atoms with E-state index in [9.17, 15) is 9.59 Å². The van der Waals surface area contributed by atoms with Gasteiger partial charge in [0, 0.05) is 13.2 Å². The molecular formula is C13H15N5O3. The van der Waals surface area contributed by atoms with Crippen LogP contribution < -0.4 is 11.1 Å². The summed E-state index contributed by atoms with van der Waals surface area (Å²) in [4.78, 5) is 27.3. The second-order valence-corrected chi connectivity index (χ2v) is 4.07. The van der Waals surface area contributed by atoms with Crippen molar-refractivity contribution < 1.29 is 14.3 Å². The van der Waals surface area contributed by atoms with Crippen molar-refractivity contribution >= 4 is 17.6 Å². The SMILES string of the molecule is CCOC(=O)c1cc(-n2ccc(C(=O)NC)n2)ncc1N. The van der Waals surface area contributed by atoms with Gasteiger partial charge in [-0.05, 0) is 19.1 Å². The number of carbonyl (C=O) groups is 2. The number of hydrogen-bond donors (Lipinski definition) is 2. The molecule has 110 valence electrons. The average Bonchev–Trinajstić information content (AvgIpc) is 2.97. The maximum Gasteiger partial charge on any atom is 0.340 e. The molecule has 0 unspecified atom stereocenters. The lowest BCUT2D eigenvalue weighted by Gasteiger charge is -2.07. The van der Waals surface area contributed by atoms with E-state index in [4.69, 9.17) is 10.5 Å². The zero-order chi connectivity index (χ0) is 15.4. The molecular weight excluding hydrogens is 274 g/mol. The van der Waals surface area contributed by atoms with Crippen molar-refractivity contribution in [3.05, 3.63) is 35.8 Å². The zero-order valence-electron chi connectivity index (χ0n) is 11.7. The highest BCUT2D eigenvalue weighted by molar-refractivity contribution is 5.95. The van der Waals surface area contributed by atoms with Gasteiger partial charge in [0.1, 0.15) is 0 Å². The zero-order valence-corrected chi connectivity index (χ0v) is 11.7. The Morgan fingerprint density at radius 3 is 2.90 bits per heavy atom. The van der Waals surface area contributed by atoms with Crippen molar-refractivity contribution in [3.63, 3.8) is 0 Å². The van der Waals surface area contributed by atoms with Gasteiger partial charge in [-0.15, -0.1) is 0 Å². The van der Waals surface area contributed by atoms with E-state index in [1.807, 2.05) is 0 Å². The molecule has 0 aliphatic heterocycles. The fraction of sp³-hybridized carbons (Fsp3) is 0.231. The molecule has 0 radical (unpaired) electrons. The van der Waals surface area contributed by atoms with E-state index >= 15 is 0 Å². The van der Waals surface area contributed by atoms with Crippen molar-refractivity contribution in [2.75, 3.05) is 19.4 Å². The molecule has 0 aliphatic rings. The number of anilines is 1. The molecule has 0 aromatic carbocycles. The van der Waals surface area contributed by atoms with Gasteiger partial charge < -0.3 is 15.8 Å². The summed E-state index contributed by atoms with van der Waals surface area (Å²) >= 11 is 0. The molecule has 0 fully saturated rings. The van der Waals surface area contributed by atoms with Crippen molar-refractivity contribution in [2.45, 2.75) is 6.92 Å². The third kappa shape index (κ3) is 2.99. The van der Waals surface area contributed by atoms with Crippen LogP contribution in [0.5, 0.6) is 0 Å². The summed E-state index contributed by atoms with van der Waals surface area (Å²) in [5.74, 6) is -0.477. The van der Waals surface area contributed by atoms with Crippen molar-refractivity contribution in [1.29, 1.82) is 0 Å². The van der Waals surface area contributed by atoms with Crippen LogP contribution in [0.2, 0.25) is 0 Å². The number of nitrogens with one attached hydrogen (secondary N) is 1. The first-order valence-electron chi connectivity index (χ1n) is 6.27. The fourth-order valence-corrected chi connectivity index (χ4v) is 1.67. The van der Waals surface area contributed by atoms with Crippen molar-refractivity contribution in [3.8, 4) is 5.82 Å². The first-order chi connectivity index (χ1) is 10.1. The van der Waals surface area contributed by atoms with Crippen LogP contribution in [-0.4, -0.2) is 40.3 Å². The number of ether oxygens (including phenoxy) is 1. The highest BCUT2D eigenvalue weighted by Gasteiger charge is 2.14. The molecule has 21 heavy (non-hydrogen) atoms. The van der Waals surface area contributed by atoms with Crippen LogP contribution in [0.4, 0.5) is 5.69 Å². The molecule has 0 saturated carbocycles. The molecule has 8 nitrogen and oxygen atoms in total. The summed E-state index contributed by atoms with van der Waals surface area (Å²) in [6.07, 6.45) is 2.92. The van der Waals surface area contributed by atoms with E-state index in [2.05, 4.69) is 15.4 Å². The molecule has 2 heterocycles. The minimum Gasteiger partial charge on any atom is -0.462 e. The summed E-state index contributed by atoms with van der Waals surface area (Å²) in [6.45, 7) is 1.96. The number of carbonyl (C=O) groups excluding carboxylic acids is 2. The first kappa shape index (κ1) is 14.5. The molecule has 1 amide bonds. The summed E-state index contributed by atoms with van der Waals surface area (Å²) in [5.41, 5.74) is 6.39. The van der Waals surface area contributed by atoms with Gasteiger partial charge in [0.2, 0.25) is 0 Å². The van der Waals surface area contributed by atoms with Gasteiger partial charge in [-0.2, -0.15) is 5.10 Å². The summed E-state index contributed by atoms with van der Waals surface area (Å²) in [6, 6.07) is 3.01. The van der Waals surface area contributed by atoms with Crippen LogP contribution in [0.25, 0.3) is 5.82 Å². The Hall–Kier alpha value is -2.90. The number of amides is 1. The predicted octanol–water partition coefficient (Wildman–Crippen LogP) is 0.386. The maximum absolute atomic E-state index is 11.8. The molecule has 2 rings (SSSR count). The van der Waals surface area contributed by atoms with E-state index in [-0.39, 0.29) is 29.5 Å². The summed E-state index contributed by atoms with van der Waals surface area (Å²) < 4.78 is 6.30. The number of nitrogens with zero attached hydrogens (tertiary/aromatic N) is 3. The molecule has 3 N–H and O–H groups in total. The number of aromatic nitrogens is 3. The topological polar surface area (TPSA) is 112 Å². The second-order valence-electron chi connectivity index (χ2n) is 4.07. The maximum atomic E-state index is 11.8.